The first-order valence-corrected chi connectivity index (χ1v) is 11.1. The normalized spacial score (nSPS) is 18.6. The Morgan fingerprint density at radius 1 is 0.966 bits per heavy atom. The molecule has 0 aliphatic carbocycles. The van der Waals surface area contributed by atoms with Gasteiger partial charge in [-0.1, -0.05) is 12.8 Å². The maximum atomic E-state index is 11.9. The summed E-state index contributed by atoms with van der Waals surface area (Å²) in [7, 11) is 0. The summed E-state index contributed by atoms with van der Waals surface area (Å²) in [5.41, 5.74) is 0. The highest BCUT2D eigenvalue weighted by atomic mass is 16.2. The zero-order valence-corrected chi connectivity index (χ0v) is 17.4. The molecule has 2 aliphatic heterocycles. The van der Waals surface area contributed by atoms with Crippen molar-refractivity contribution in [1.29, 1.82) is 0 Å². The van der Waals surface area contributed by atoms with Crippen molar-refractivity contribution in [2.24, 2.45) is 5.92 Å². The van der Waals surface area contributed by atoms with Crippen molar-refractivity contribution in [3.05, 3.63) is 12.2 Å². The van der Waals surface area contributed by atoms with E-state index in [2.05, 4.69) is 10.6 Å². The molecule has 0 unspecified atom stereocenters. The predicted molar refractivity (Wildman–Crippen MR) is 111 cm³/mol. The molecule has 0 aromatic heterocycles. The molecule has 0 aromatic carbocycles. The van der Waals surface area contributed by atoms with Gasteiger partial charge in [0.25, 0.3) is 11.8 Å². The van der Waals surface area contributed by atoms with Gasteiger partial charge in [-0.25, -0.2) is 0 Å². The van der Waals surface area contributed by atoms with Gasteiger partial charge in [0.1, 0.15) is 5.78 Å². The number of Topliss-reactive ketones (excluding diaryl/α,β-unsaturated/α-hetero) is 1. The van der Waals surface area contributed by atoms with E-state index < -0.39 is 0 Å². The molecule has 0 spiro atoms. The van der Waals surface area contributed by atoms with Gasteiger partial charge in [-0.3, -0.25) is 24.1 Å². The number of hydrogen-bond donors (Lipinski definition) is 2. The van der Waals surface area contributed by atoms with Crippen molar-refractivity contribution in [2.45, 2.75) is 70.6 Å². The van der Waals surface area contributed by atoms with E-state index >= 15 is 0 Å². The lowest BCUT2D eigenvalue weighted by molar-refractivity contribution is -0.137. The summed E-state index contributed by atoms with van der Waals surface area (Å²) in [5, 5.41) is 6.25. The fraction of sp³-hybridized carbons (Fsp3) is 0.727. The number of nitrogens with one attached hydrogen (secondary N) is 2. The Balaban J connectivity index is 1.36. The van der Waals surface area contributed by atoms with Gasteiger partial charge in [0, 0.05) is 44.5 Å². The molecule has 1 saturated heterocycles. The maximum Gasteiger partial charge on any atom is 0.253 e. The molecule has 0 radical (unpaired) electrons. The van der Waals surface area contributed by atoms with Gasteiger partial charge in [-0.15, -0.1) is 0 Å². The smallest absolute Gasteiger partial charge is 0.253 e. The zero-order valence-electron chi connectivity index (χ0n) is 17.4. The molecule has 2 heterocycles. The van der Waals surface area contributed by atoms with Gasteiger partial charge >= 0.3 is 0 Å². The van der Waals surface area contributed by atoms with E-state index in [0.29, 0.717) is 44.1 Å². The zero-order chi connectivity index (χ0) is 20.9. The van der Waals surface area contributed by atoms with E-state index in [1.54, 1.807) is 0 Å². The van der Waals surface area contributed by atoms with Crippen molar-refractivity contribution >= 4 is 23.5 Å². The Morgan fingerprint density at radius 3 is 2.41 bits per heavy atom. The van der Waals surface area contributed by atoms with Crippen molar-refractivity contribution < 1.29 is 19.2 Å². The first-order chi connectivity index (χ1) is 14.1. The van der Waals surface area contributed by atoms with Gasteiger partial charge in [0.15, 0.2) is 0 Å². The van der Waals surface area contributed by atoms with E-state index in [1.165, 1.54) is 23.5 Å². The summed E-state index contributed by atoms with van der Waals surface area (Å²) in [5.74, 6) is 0.591. The lowest BCUT2D eigenvalue weighted by Crippen LogP contribution is -2.30. The molecule has 2 rings (SSSR count). The number of nitrogens with zero attached hydrogens (tertiary/aromatic N) is 1. The molecule has 1 fully saturated rings. The van der Waals surface area contributed by atoms with Crippen LogP contribution in [-0.4, -0.2) is 54.6 Å². The fourth-order valence-electron chi connectivity index (χ4n) is 3.77. The van der Waals surface area contributed by atoms with Crippen LogP contribution < -0.4 is 10.6 Å². The molecular weight excluding hydrogens is 370 g/mol. The van der Waals surface area contributed by atoms with Gasteiger partial charge in [-0.2, -0.15) is 0 Å². The van der Waals surface area contributed by atoms with Crippen molar-refractivity contribution in [1.82, 2.24) is 15.5 Å². The highest BCUT2D eigenvalue weighted by Gasteiger charge is 2.22. The summed E-state index contributed by atoms with van der Waals surface area (Å²) in [6, 6.07) is 0. The molecule has 29 heavy (non-hydrogen) atoms. The molecule has 3 amide bonds. The maximum absolute atomic E-state index is 11.9. The second kappa shape index (κ2) is 13.2. The average molecular weight is 406 g/mol. The highest BCUT2D eigenvalue weighted by Crippen LogP contribution is 2.15. The SMILES string of the molecule is O=C(CCCCCNC(=O)CCCCCN1C(=O)C=CC1=O)CC[C@@H]1CCNC1. The minimum Gasteiger partial charge on any atom is -0.356 e. The first kappa shape index (κ1) is 23.3. The van der Waals surface area contributed by atoms with Crippen LogP contribution in [0.4, 0.5) is 0 Å². The largest absolute Gasteiger partial charge is 0.356 e. The summed E-state index contributed by atoms with van der Waals surface area (Å²) in [6.45, 7) is 3.22. The number of amides is 3. The topological polar surface area (TPSA) is 95.6 Å². The molecule has 162 valence electrons. The molecule has 2 N–H and O–H groups in total. The van der Waals surface area contributed by atoms with E-state index in [-0.39, 0.29) is 17.7 Å². The number of imide groups is 1. The molecular formula is C22H35N3O4. The van der Waals surface area contributed by atoms with Crippen LogP contribution in [0.3, 0.4) is 0 Å². The van der Waals surface area contributed by atoms with Gasteiger partial charge < -0.3 is 10.6 Å². The lowest BCUT2D eigenvalue weighted by atomic mass is 9.99. The van der Waals surface area contributed by atoms with Crippen LogP contribution in [0.25, 0.3) is 0 Å². The molecule has 0 bridgehead atoms. The minimum atomic E-state index is -0.249. The average Bonchev–Trinajstić information content (AvgIpc) is 3.33. The Bertz CT molecular complexity index is 579. The summed E-state index contributed by atoms with van der Waals surface area (Å²) in [6.07, 6.45) is 11.7. The van der Waals surface area contributed by atoms with Crippen LogP contribution in [0.1, 0.15) is 70.6 Å². The second-order valence-corrected chi connectivity index (χ2v) is 8.07. The summed E-state index contributed by atoms with van der Waals surface area (Å²) < 4.78 is 0. The third-order valence-electron chi connectivity index (χ3n) is 5.63. The molecule has 0 aromatic rings. The van der Waals surface area contributed by atoms with Crippen molar-refractivity contribution in [2.75, 3.05) is 26.2 Å². The van der Waals surface area contributed by atoms with Crippen LogP contribution in [-0.2, 0) is 19.2 Å². The first-order valence-electron chi connectivity index (χ1n) is 11.1. The molecule has 7 heteroatoms. The molecule has 2 aliphatic rings. The summed E-state index contributed by atoms with van der Waals surface area (Å²) >= 11 is 0. The third kappa shape index (κ3) is 9.35. The number of hydrogen-bond acceptors (Lipinski definition) is 5. The van der Waals surface area contributed by atoms with Crippen LogP contribution in [0.5, 0.6) is 0 Å². The van der Waals surface area contributed by atoms with Crippen molar-refractivity contribution in [3.8, 4) is 0 Å². The minimum absolute atomic E-state index is 0.0428. The number of carbonyl (C=O) groups is 4. The molecule has 1 atom stereocenters. The number of unbranched alkanes of at least 4 members (excludes halogenated alkanes) is 4. The quantitative estimate of drug-likeness (QED) is 0.321. The highest BCUT2D eigenvalue weighted by molar-refractivity contribution is 6.12. The van der Waals surface area contributed by atoms with E-state index in [1.807, 2.05) is 0 Å². The Hall–Kier alpha value is -2.02. The number of ketones is 1. The monoisotopic (exact) mass is 405 g/mol. The number of carbonyl (C=O) groups excluding carboxylic acids is 4. The standard InChI is InChI=1S/C22H35N3O4/c26-19(10-9-18-13-15-23-17-18)7-3-1-5-14-24-20(27)8-4-2-6-16-25-21(28)11-12-22(25)29/h11-12,18,23H,1-10,13-17H2,(H,24,27)/t18-/m1/s1. The Labute approximate surface area is 173 Å². The van der Waals surface area contributed by atoms with E-state index in [0.717, 1.165) is 58.0 Å². The van der Waals surface area contributed by atoms with E-state index in [4.69, 9.17) is 0 Å². The van der Waals surface area contributed by atoms with E-state index in [9.17, 15) is 19.2 Å². The van der Waals surface area contributed by atoms with Crippen molar-refractivity contribution in [3.63, 3.8) is 0 Å². The fourth-order valence-corrected chi connectivity index (χ4v) is 3.77. The van der Waals surface area contributed by atoms with Crippen LogP contribution in [0.15, 0.2) is 12.2 Å². The predicted octanol–water partition coefficient (Wildman–Crippen LogP) is 2.11. The Morgan fingerprint density at radius 2 is 1.69 bits per heavy atom. The van der Waals surface area contributed by atoms with Gasteiger partial charge in [0.05, 0.1) is 0 Å². The van der Waals surface area contributed by atoms with Crippen LogP contribution >= 0.6 is 0 Å². The molecule has 0 saturated carbocycles. The third-order valence-corrected chi connectivity index (χ3v) is 5.63. The second-order valence-electron chi connectivity index (χ2n) is 8.07. The Kier molecular flexibility index (Phi) is 10.6. The van der Waals surface area contributed by atoms with Gasteiger partial charge in [-0.05, 0) is 57.5 Å². The van der Waals surface area contributed by atoms with Gasteiger partial charge in [0.2, 0.25) is 5.91 Å². The summed E-state index contributed by atoms with van der Waals surface area (Å²) in [4.78, 5) is 47.8. The number of rotatable bonds is 15. The van der Waals surface area contributed by atoms with Crippen LogP contribution in [0.2, 0.25) is 0 Å². The molecule has 7 nitrogen and oxygen atoms in total. The van der Waals surface area contributed by atoms with Crippen LogP contribution in [0, 0.1) is 5.92 Å². The lowest BCUT2D eigenvalue weighted by Gasteiger charge is -2.13.